The van der Waals surface area contributed by atoms with Crippen molar-refractivity contribution in [3.63, 3.8) is 0 Å². The Balaban J connectivity index is 2.81. The molecule has 0 amide bonds. The average molecular weight is 240 g/mol. The zero-order valence-electron chi connectivity index (χ0n) is 5.45. The fourth-order valence-corrected chi connectivity index (χ4v) is 1.52. The van der Waals surface area contributed by atoms with E-state index in [1.165, 1.54) is 0 Å². The second kappa shape index (κ2) is 2.96. The fraction of sp³-hybridized carbons (Fsp3) is 0.200. The zero-order chi connectivity index (χ0) is 8.48. The largest absolute Gasteiger partial charge is 0.453 e. The molecule has 0 aromatic carbocycles. The van der Waals surface area contributed by atoms with Gasteiger partial charge in [0, 0.05) is 0 Å². The first-order valence-electron chi connectivity index (χ1n) is 2.72. The van der Waals surface area contributed by atoms with E-state index >= 15 is 0 Å². The lowest BCUT2D eigenvalue weighted by atomic mass is 10.5. The van der Waals surface area contributed by atoms with Gasteiger partial charge in [-0.1, -0.05) is 0 Å². The molecule has 0 saturated heterocycles. The summed E-state index contributed by atoms with van der Waals surface area (Å²) < 4.78 is 26.4. The molecule has 0 radical (unpaired) electrons. The molecule has 0 bridgehead atoms. The molecule has 0 atom stereocenters. The molecule has 62 valence electrons. The Hall–Kier alpha value is -0.330. The first-order valence-corrected chi connectivity index (χ1v) is 5.23. The molecule has 0 unspecified atom stereocenters. The zero-order valence-corrected chi connectivity index (χ0v) is 7.85. The highest BCUT2D eigenvalue weighted by Gasteiger charge is 2.07. The van der Waals surface area contributed by atoms with Gasteiger partial charge < -0.3 is 4.42 Å². The number of furan rings is 1. The number of hydrogen-bond acceptors (Lipinski definition) is 3. The van der Waals surface area contributed by atoms with E-state index in [-0.39, 0.29) is 5.75 Å². The standard InChI is InChI=1S/C5H6BrNO3S/c6-5-2-1-4(10-5)3-11(7,8)9/h1-2H,3H2,(H2,7,8,9). The van der Waals surface area contributed by atoms with Crippen molar-refractivity contribution in [2.45, 2.75) is 5.75 Å². The van der Waals surface area contributed by atoms with E-state index in [9.17, 15) is 8.42 Å². The Morgan fingerprint density at radius 3 is 2.55 bits per heavy atom. The van der Waals surface area contributed by atoms with Crippen molar-refractivity contribution >= 4 is 26.0 Å². The minimum Gasteiger partial charge on any atom is -0.453 e. The van der Waals surface area contributed by atoms with E-state index in [4.69, 9.17) is 9.56 Å². The van der Waals surface area contributed by atoms with Crippen LogP contribution in [0.25, 0.3) is 0 Å². The summed E-state index contributed by atoms with van der Waals surface area (Å²) >= 11 is 3.04. The van der Waals surface area contributed by atoms with Gasteiger partial charge in [-0.25, -0.2) is 13.6 Å². The Bertz CT molecular complexity index is 342. The summed E-state index contributed by atoms with van der Waals surface area (Å²) in [5.74, 6) is 0.0675. The van der Waals surface area contributed by atoms with E-state index in [1.54, 1.807) is 12.1 Å². The van der Waals surface area contributed by atoms with Gasteiger partial charge in [0.15, 0.2) is 4.67 Å². The quantitative estimate of drug-likeness (QED) is 0.831. The molecule has 6 heteroatoms. The predicted molar refractivity (Wildman–Crippen MR) is 43.2 cm³/mol. The van der Waals surface area contributed by atoms with Gasteiger partial charge in [0.25, 0.3) is 0 Å². The van der Waals surface area contributed by atoms with Gasteiger partial charge in [0.2, 0.25) is 10.0 Å². The lowest BCUT2D eigenvalue weighted by Gasteiger charge is -1.91. The number of hydrogen-bond donors (Lipinski definition) is 1. The van der Waals surface area contributed by atoms with Crippen molar-refractivity contribution in [2.75, 3.05) is 0 Å². The Labute approximate surface area is 72.6 Å². The van der Waals surface area contributed by atoms with Crippen molar-refractivity contribution in [1.29, 1.82) is 0 Å². The predicted octanol–water partition coefficient (Wildman–Crippen LogP) is 0.831. The summed E-state index contributed by atoms with van der Waals surface area (Å²) in [5.41, 5.74) is 0. The molecular formula is C5H6BrNO3S. The molecule has 1 aromatic heterocycles. The molecule has 1 heterocycles. The molecule has 1 rings (SSSR count). The van der Waals surface area contributed by atoms with Crippen molar-refractivity contribution in [3.8, 4) is 0 Å². The SMILES string of the molecule is NS(=O)(=O)Cc1ccc(Br)o1. The van der Waals surface area contributed by atoms with Gasteiger partial charge in [0.05, 0.1) is 0 Å². The van der Waals surface area contributed by atoms with Crippen LogP contribution in [0.15, 0.2) is 21.2 Å². The highest BCUT2D eigenvalue weighted by Crippen LogP contribution is 2.15. The van der Waals surface area contributed by atoms with Crippen LogP contribution in [0.2, 0.25) is 0 Å². The number of primary sulfonamides is 1. The monoisotopic (exact) mass is 239 g/mol. The van der Waals surface area contributed by atoms with Gasteiger partial charge in [-0.2, -0.15) is 0 Å². The van der Waals surface area contributed by atoms with Crippen LogP contribution in [-0.2, 0) is 15.8 Å². The van der Waals surface area contributed by atoms with E-state index in [0.717, 1.165) is 0 Å². The number of sulfonamides is 1. The van der Waals surface area contributed by atoms with Crippen molar-refractivity contribution in [2.24, 2.45) is 5.14 Å². The number of nitrogens with two attached hydrogens (primary N) is 1. The molecular weight excluding hydrogens is 234 g/mol. The van der Waals surface area contributed by atoms with Crippen molar-refractivity contribution in [3.05, 3.63) is 22.6 Å². The van der Waals surface area contributed by atoms with Gasteiger partial charge >= 0.3 is 0 Å². The molecule has 0 aliphatic heterocycles. The fourth-order valence-electron chi connectivity index (χ4n) is 0.628. The minimum atomic E-state index is -3.48. The van der Waals surface area contributed by atoms with Crippen LogP contribution in [0.3, 0.4) is 0 Å². The Kier molecular flexibility index (Phi) is 2.36. The van der Waals surface area contributed by atoms with Crippen molar-refractivity contribution < 1.29 is 12.8 Å². The van der Waals surface area contributed by atoms with E-state index in [0.29, 0.717) is 10.4 Å². The van der Waals surface area contributed by atoms with E-state index < -0.39 is 10.0 Å². The van der Waals surface area contributed by atoms with Gasteiger partial charge in [0.1, 0.15) is 11.5 Å². The molecule has 4 nitrogen and oxygen atoms in total. The summed E-state index contributed by atoms with van der Waals surface area (Å²) in [6.45, 7) is 0. The maximum Gasteiger partial charge on any atom is 0.216 e. The smallest absolute Gasteiger partial charge is 0.216 e. The first-order chi connectivity index (χ1) is 4.97. The second-order valence-electron chi connectivity index (χ2n) is 2.01. The Morgan fingerprint density at radius 2 is 2.18 bits per heavy atom. The maximum atomic E-state index is 10.5. The van der Waals surface area contributed by atoms with Crippen LogP contribution < -0.4 is 5.14 Å². The first kappa shape index (κ1) is 8.76. The summed E-state index contributed by atoms with van der Waals surface area (Å²) in [6, 6.07) is 3.16. The third-order valence-corrected chi connectivity index (χ3v) is 2.09. The molecule has 0 fully saturated rings. The van der Waals surface area contributed by atoms with Crippen LogP contribution >= 0.6 is 15.9 Å². The lowest BCUT2D eigenvalue weighted by molar-refractivity contribution is 0.500. The molecule has 2 N–H and O–H groups in total. The van der Waals surface area contributed by atoms with Gasteiger partial charge in [-0.3, -0.25) is 0 Å². The van der Waals surface area contributed by atoms with Gasteiger partial charge in [-0.15, -0.1) is 0 Å². The minimum absolute atomic E-state index is 0.265. The van der Waals surface area contributed by atoms with Crippen molar-refractivity contribution in [1.82, 2.24) is 0 Å². The third-order valence-electron chi connectivity index (χ3n) is 0.972. The van der Waals surface area contributed by atoms with Crippen LogP contribution in [-0.4, -0.2) is 8.42 Å². The normalized spacial score (nSPS) is 11.8. The number of rotatable bonds is 2. The van der Waals surface area contributed by atoms with Gasteiger partial charge in [-0.05, 0) is 28.1 Å². The summed E-state index contributed by atoms with van der Waals surface area (Å²) in [5, 5.41) is 4.77. The average Bonchev–Trinajstić information content (AvgIpc) is 2.10. The van der Waals surface area contributed by atoms with Crippen LogP contribution in [0, 0.1) is 0 Å². The summed E-state index contributed by atoms with van der Waals surface area (Å²) in [7, 11) is -3.48. The third kappa shape index (κ3) is 3.04. The maximum absolute atomic E-state index is 10.5. The van der Waals surface area contributed by atoms with E-state index in [2.05, 4.69) is 15.9 Å². The Morgan fingerprint density at radius 1 is 1.55 bits per heavy atom. The lowest BCUT2D eigenvalue weighted by Crippen LogP contribution is -2.13. The molecule has 11 heavy (non-hydrogen) atoms. The summed E-state index contributed by atoms with van der Waals surface area (Å²) in [4.78, 5) is 0. The van der Waals surface area contributed by atoms with Crippen LogP contribution in [0.1, 0.15) is 5.76 Å². The summed E-state index contributed by atoms with van der Waals surface area (Å²) in [6.07, 6.45) is 0. The molecule has 0 spiro atoms. The highest BCUT2D eigenvalue weighted by atomic mass is 79.9. The highest BCUT2D eigenvalue weighted by molar-refractivity contribution is 9.10. The molecule has 0 aliphatic carbocycles. The molecule has 0 aliphatic rings. The van der Waals surface area contributed by atoms with Crippen LogP contribution in [0.5, 0.6) is 0 Å². The molecule has 0 saturated carbocycles. The van der Waals surface area contributed by atoms with E-state index in [1.807, 2.05) is 0 Å². The van der Waals surface area contributed by atoms with Crippen LogP contribution in [0.4, 0.5) is 0 Å². The molecule has 1 aromatic rings. The topological polar surface area (TPSA) is 73.3 Å². The number of halogens is 1. The second-order valence-corrected chi connectivity index (χ2v) is 4.41.